The molecule has 1 fully saturated rings. The highest BCUT2D eigenvalue weighted by molar-refractivity contribution is 7.17. The highest BCUT2D eigenvalue weighted by atomic mass is 32.1. The first-order valence-corrected chi connectivity index (χ1v) is 10.9. The number of piperidine rings is 1. The van der Waals surface area contributed by atoms with Crippen LogP contribution in [0.2, 0.25) is 0 Å². The molecule has 0 amide bonds. The quantitative estimate of drug-likeness (QED) is 0.529. The molecule has 0 unspecified atom stereocenters. The number of aromatic hydroxyl groups is 1. The van der Waals surface area contributed by atoms with Gasteiger partial charge in [0.15, 0.2) is 0 Å². The van der Waals surface area contributed by atoms with Gasteiger partial charge in [-0.2, -0.15) is 4.52 Å². The Bertz CT molecular complexity index is 1080. The second kappa shape index (κ2) is 7.65. The van der Waals surface area contributed by atoms with Crippen molar-refractivity contribution in [3.05, 3.63) is 70.8 Å². The number of hydrogen-bond donors (Lipinski definition) is 1. The van der Waals surface area contributed by atoms with E-state index >= 15 is 0 Å². The minimum Gasteiger partial charge on any atom is -0.492 e. The maximum absolute atomic E-state index is 10.9. The SMILES string of the molecule is Cc1nc2sc([C@H](c3ccco3)N3CCC(Cc4ccccc4)CC3)c(O)n2n1. The Labute approximate surface area is 173 Å². The second-order valence-corrected chi connectivity index (χ2v) is 8.74. The summed E-state index contributed by atoms with van der Waals surface area (Å²) in [5.74, 6) is 2.36. The third kappa shape index (κ3) is 3.56. The molecular weight excluding hydrogens is 384 g/mol. The molecular formula is C22H24N4O2S. The molecule has 150 valence electrons. The second-order valence-electron chi connectivity index (χ2n) is 7.73. The number of furan rings is 1. The Hall–Kier alpha value is -2.64. The molecule has 4 aromatic rings. The van der Waals surface area contributed by atoms with Crippen molar-refractivity contribution in [1.29, 1.82) is 0 Å². The summed E-state index contributed by atoms with van der Waals surface area (Å²) in [5, 5.41) is 15.2. The lowest BCUT2D eigenvalue weighted by atomic mass is 9.89. The maximum atomic E-state index is 10.9. The van der Waals surface area contributed by atoms with Crippen LogP contribution in [0, 0.1) is 12.8 Å². The van der Waals surface area contributed by atoms with Gasteiger partial charge in [0.05, 0.1) is 11.1 Å². The van der Waals surface area contributed by atoms with Crippen LogP contribution in [0.3, 0.4) is 0 Å². The van der Waals surface area contributed by atoms with Gasteiger partial charge in [0, 0.05) is 0 Å². The van der Waals surface area contributed by atoms with Crippen LogP contribution in [-0.2, 0) is 6.42 Å². The van der Waals surface area contributed by atoms with E-state index in [1.807, 2.05) is 19.1 Å². The summed E-state index contributed by atoms with van der Waals surface area (Å²) in [6.07, 6.45) is 5.09. The molecule has 0 saturated carbocycles. The Kier molecular flexibility index (Phi) is 4.85. The lowest BCUT2D eigenvalue weighted by molar-refractivity contribution is 0.138. The van der Waals surface area contributed by atoms with Crippen molar-refractivity contribution in [2.24, 2.45) is 5.92 Å². The van der Waals surface area contributed by atoms with Gasteiger partial charge in [-0.15, -0.1) is 5.10 Å². The molecule has 1 aliphatic heterocycles. The molecule has 0 bridgehead atoms. The first kappa shape index (κ1) is 18.4. The molecule has 1 aliphatic rings. The molecule has 1 saturated heterocycles. The average Bonchev–Trinajstić information content (AvgIpc) is 3.44. The summed E-state index contributed by atoms with van der Waals surface area (Å²) in [7, 11) is 0. The molecule has 29 heavy (non-hydrogen) atoms. The number of rotatable bonds is 5. The first-order chi connectivity index (χ1) is 14.2. The van der Waals surface area contributed by atoms with Crippen LogP contribution in [0.15, 0.2) is 53.1 Å². The Morgan fingerprint density at radius 1 is 1.17 bits per heavy atom. The third-order valence-electron chi connectivity index (χ3n) is 5.75. The van der Waals surface area contributed by atoms with Crippen molar-refractivity contribution in [2.45, 2.75) is 32.2 Å². The van der Waals surface area contributed by atoms with Crippen molar-refractivity contribution >= 4 is 16.3 Å². The van der Waals surface area contributed by atoms with E-state index in [4.69, 9.17) is 4.42 Å². The lowest BCUT2D eigenvalue weighted by Crippen LogP contribution is -2.37. The summed E-state index contributed by atoms with van der Waals surface area (Å²) in [5.41, 5.74) is 1.41. The standard InChI is InChI=1S/C22H24N4O2S/c1-15-23-22-26(24-15)21(27)20(29-22)19(18-8-5-13-28-18)25-11-9-17(10-12-25)14-16-6-3-2-4-7-16/h2-8,13,17,19,27H,9-12,14H2,1H3/t19-/m0/s1. The number of fused-ring (bicyclic) bond motifs is 1. The highest BCUT2D eigenvalue weighted by Crippen LogP contribution is 2.41. The summed E-state index contributed by atoms with van der Waals surface area (Å²) < 4.78 is 7.32. The Morgan fingerprint density at radius 2 is 1.97 bits per heavy atom. The van der Waals surface area contributed by atoms with Crippen LogP contribution < -0.4 is 0 Å². The van der Waals surface area contributed by atoms with Gasteiger partial charge >= 0.3 is 0 Å². The highest BCUT2D eigenvalue weighted by Gasteiger charge is 2.33. The van der Waals surface area contributed by atoms with Crippen LogP contribution >= 0.6 is 11.3 Å². The number of likely N-dealkylation sites (tertiary alicyclic amines) is 1. The van der Waals surface area contributed by atoms with E-state index < -0.39 is 0 Å². The third-order valence-corrected chi connectivity index (χ3v) is 6.82. The molecule has 6 nitrogen and oxygen atoms in total. The lowest BCUT2D eigenvalue weighted by Gasteiger charge is -2.36. The molecule has 1 aromatic carbocycles. The number of thiazole rings is 1. The van der Waals surface area contributed by atoms with Gasteiger partial charge < -0.3 is 9.52 Å². The monoisotopic (exact) mass is 408 g/mol. The normalized spacial score (nSPS) is 17.1. The van der Waals surface area contributed by atoms with E-state index in [2.05, 4.69) is 45.3 Å². The summed E-state index contributed by atoms with van der Waals surface area (Å²) >= 11 is 1.49. The molecule has 0 spiro atoms. The van der Waals surface area contributed by atoms with Gasteiger partial charge in [0.1, 0.15) is 17.6 Å². The predicted octanol–water partition coefficient (Wildman–Crippen LogP) is 4.44. The van der Waals surface area contributed by atoms with Crippen LogP contribution in [0.1, 0.15) is 40.9 Å². The van der Waals surface area contributed by atoms with Crippen LogP contribution in [-0.4, -0.2) is 37.7 Å². The van der Waals surface area contributed by atoms with Crippen LogP contribution in [0.25, 0.3) is 4.96 Å². The smallest absolute Gasteiger partial charge is 0.230 e. The van der Waals surface area contributed by atoms with E-state index in [-0.39, 0.29) is 11.9 Å². The molecule has 1 atom stereocenters. The zero-order valence-electron chi connectivity index (χ0n) is 16.4. The van der Waals surface area contributed by atoms with Gasteiger partial charge in [0.2, 0.25) is 10.8 Å². The molecule has 0 aliphatic carbocycles. The average molecular weight is 409 g/mol. The Morgan fingerprint density at radius 3 is 2.66 bits per heavy atom. The topological polar surface area (TPSA) is 66.8 Å². The summed E-state index contributed by atoms with van der Waals surface area (Å²) in [6.45, 7) is 3.77. The summed E-state index contributed by atoms with van der Waals surface area (Å²) in [4.78, 5) is 8.40. The Balaban J connectivity index is 1.38. The van der Waals surface area contributed by atoms with Gasteiger partial charge in [-0.25, -0.2) is 4.98 Å². The fourth-order valence-corrected chi connectivity index (χ4v) is 5.45. The molecule has 0 radical (unpaired) electrons. The number of benzene rings is 1. The molecule has 1 N–H and O–H groups in total. The van der Waals surface area contributed by atoms with Crippen molar-refractivity contribution < 1.29 is 9.52 Å². The van der Waals surface area contributed by atoms with E-state index in [0.717, 1.165) is 43.0 Å². The van der Waals surface area contributed by atoms with Gasteiger partial charge in [-0.3, -0.25) is 4.90 Å². The van der Waals surface area contributed by atoms with Crippen molar-refractivity contribution in [3.63, 3.8) is 0 Å². The first-order valence-electron chi connectivity index (χ1n) is 10.1. The van der Waals surface area contributed by atoms with Gasteiger partial charge in [-0.1, -0.05) is 41.7 Å². The van der Waals surface area contributed by atoms with E-state index in [1.165, 1.54) is 21.4 Å². The minimum absolute atomic E-state index is 0.114. The molecule has 7 heteroatoms. The number of aryl methyl sites for hydroxylation is 1. The molecule has 5 rings (SSSR count). The van der Waals surface area contributed by atoms with Crippen molar-refractivity contribution in [3.8, 4) is 5.88 Å². The van der Waals surface area contributed by atoms with E-state index in [0.29, 0.717) is 16.7 Å². The summed E-state index contributed by atoms with van der Waals surface area (Å²) in [6, 6.07) is 14.5. The van der Waals surface area contributed by atoms with E-state index in [1.54, 1.807) is 6.26 Å². The fourth-order valence-electron chi connectivity index (χ4n) is 4.31. The predicted molar refractivity (Wildman–Crippen MR) is 112 cm³/mol. The minimum atomic E-state index is -0.114. The van der Waals surface area contributed by atoms with Crippen molar-refractivity contribution in [1.82, 2.24) is 19.5 Å². The molecule has 3 aromatic heterocycles. The molecule has 4 heterocycles. The van der Waals surface area contributed by atoms with Gasteiger partial charge in [-0.05, 0) is 62.9 Å². The van der Waals surface area contributed by atoms with E-state index in [9.17, 15) is 5.11 Å². The zero-order chi connectivity index (χ0) is 19.8. The number of nitrogens with zero attached hydrogens (tertiary/aromatic N) is 4. The van der Waals surface area contributed by atoms with Crippen LogP contribution in [0.5, 0.6) is 5.88 Å². The largest absolute Gasteiger partial charge is 0.492 e. The van der Waals surface area contributed by atoms with Crippen molar-refractivity contribution in [2.75, 3.05) is 13.1 Å². The maximum Gasteiger partial charge on any atom is 0.230 e. The zero-order valence-corrected chi connectivity index (χ0v) is 17.2. The number of hydrogen-bond acceptors (Lipinski definition) is 6. The van der Waals surface area contributed by atoms with Crippen LogP contribution in [0.4, 0.5) is 0 Å². The fraction of sp³-hybridized carbons (Fsp3) is 0.364. The number of aromatic nitrogens is 3. The van der Waals surface area contributed by atoms with Gasteiger partial charge in [0.25, 0.3) is 0 Å².